The molecule has 0 radical (unpaired) electrons. The van der Waals surface area contributed by atoms with Gasteiger partial charge in [-0.3, -0.25) is 0 Å². The topological polar surface area (TPSA) is 17.8 Å². The van der Waals surface area contributed by atoms with Crippen LogP contribution >= 0.6 is 11.6 Å². The maximum Gasteiger partial charge on any atom is 0.412 e. The van der Waals surface area contributed by atoms with Crippen LogP contribution in [-0.4, -0.2) is 15.7 Å². The van der Waals surface area contributed by atoms with Gasteiger partial charge in [0.25, 0.3) is 0 Å². The van der Waals surface area contributed by atoms with Crippen LogP contribution in [0.15, 0.2) is 18.2 Å². The summed E-state index contributed by atoms with van der Waals surface area (Å²) in [4.78, 5) is 4.14. The summed E-state index contributed by atoms with van der Waals surface area (Å²) in [6.07, 6.45) is -4.47. The molecule has 7 heteroatoms. The first kappa shape index (κ1) is 13.7. The Hall–Kier alpha value is -1.30. The fraction of sp³-hybridized carbons (Fsp3) is 0.462. The monoisotopic (exact) mass is 306 g/mol. The Balaban J connectivity index is 2.33. The number of rotatable bonds is 2. The summed E-state index contributed by atoms with van der Waals surface area (Å²) in [5.74, 6) is -0.465. The Kier molecular flexibility index (Phi) is 2.80. The number of aromatic nitrogens is 2. The lowest BCUT2D eigenvalue weighted by atomic mass is 10.2. The van der Waals surface area contributed by atoms with Crippen LogP contribution in [0, 0.1) is 5.82 Å². The van der Waals surface area contributed by atoms with E-state index in [0.29, 0.717) is 5.52 Å². The molecule has 1 atom stereocenters. The van der Waals surface area contributed by atoms with Gasteiger partial charge in [-0.25, -0.2) is 9.37 Å². The maximum atomic E-state index is 13.4. The van der Waals surface area contributed by atoms with Crippen molar-refractivity contribution in [2.24, 2.45) is 0 Å². The highest BCUT2D eigenvalue weighted by Crippen LogP contribution is 2.57. The molecule has 1 saturated carbocycles. The average Bonchev–Trinajstić information content (AvgIpc) is 3.05. The van der Waals surface area contributed by atoms with E-state index >= 15 is 0 Å². The molecule has 1 heterocycles. The van der Waals surface area contributed by atoms with Crippen molar-refractivity contribution in [1.82, 2.24) is 9.55 Å². The van der Waals surface area contributed by atoms with Gasteiger partial charge in [-0.1, -0.05) is 0 Å². The molecule has 0 saturated heterocycles. The first-order valence-corrected chi connectivity index (χ1v) is 6.59. The molecule has 0 bridgehead atoms. The lowest BCUT2D eigenvalue weighted by Gasteiger charge is -2.24. The van der Waals surface area contributed by atoms with E-state index in [4.69, 9.17) is 11.6 Å². The molecule has 0 N–H and O–H groups in total. The standard InChI is InChI=1S/C13H11ClF4N2/c1-7(14)11-19-9-3-2-8(15)6-10(9)20(11)12(4-5-12)13(16,17)18/h2-3,6-7H,4-5H2,1H3. The molecule has 3 rings (SSSR count). The number of hydrogen-bond acceptors (Lipinski definition) is 1. The van der Waals surface area contributed by atoms with Crippen molar-refractivity contribution < 1.29 is 17.6 Å². The largest absolute Gasteiger partial charge is 0.412 e. The van der Waals surface area contributed by atoms with Crippen molar-refractivity contribution in [2.45, 2.75) is 36.9 Å². The molecule has 1 aliphatic carbocycles. The summed E-state index contributed by atoms with van der Waals surface area (Å²) in [6.45, 7) is 1.56. The second kappa shape index (κ2) is 4.10. The van der Waals surface area contributed by atoms with Crippen LogP contribution in [0.4, 0.5) is 17.6 Å². The Bertz CT molecular complexity index is 671. The van der Waals surface area contributed by atoms with Crippen molar-refractivity contribution in [3.63, 3.8) is 0 Å². The van der Waals surface area contributed by atoms with Gasteiger partial charge in [0.05, 0.1) is 16.4 Å². The van der Waals surface area contributed by atoms with Gasteiger partial charge in [0.15, 0.2) is 0 Å². The third-order valence-corrected chi connectivity index (χ3v) is 3.87. The molecule has 20 heavy (non-hydrogen) atoms. The molecule has 0 aliphatic heterocycles. The summed E-state index contributed by atoms with van der Waals surface area (Å²) < 4.78 is 54.5. The zero-order valence-electron chi connectivity index (χ0n) is 10.5. The number of hydrogen-bond donors (Lipinski definition) is 0. The van der Waals surface area contributed by atoms with Crippen LogP contribution < -0.4 is 0 Å². The Labute approximate surface area is 117 Å². The van der Waals surface area contributed by atoms with Gasteiger partial charge in [-0.15, -0.1) is 11.6 Å². The van der Waals surface area contributed by atoms with Crippen molar-refractivity contribution in [3.05, 3.63) is 29.8 Å². The Morgan fingerprint density at radius 1 is 1.35 bits per heavy atom. The van der Waals surface area contributed by atoms with Gasteiger partial charge in [0.1, 0.15) is 17.2 Å². The van der Waals surface area contributed by atoms with Crippen LogP contribution in [0.2, 0.25) is 0 Å². The zero-order chi connectivity index (χ0) is 14.7. The SMILES string of the molecule is CC(Cl)c1nc2ccc(F)cc2n1C1(C(F)(F)F)CC1. The number of fused-ring (bicyclic) bond motifs is 1. The Morgan fingerprint density at radius 3 is 2.50 bits per heavy atom. The van der Waals surface area contributed by atoms with Gasteiger partial charge in [-0.2, -0.15) is 13.2 Å². The van der Waals surface area contributed by atoms with E-state index in [2.05, 4.69) is 4.98 Å². The molecule has 2 nitrogen and oxygen atoms in total. The number of benzene rings is 1. The van der Waals surface area contributed by atoms with E-state index in [1.54, 1.807) is 6.92 Å². The predicted molar refractivity (Wildman–Crippen MR) is 67.2 cm³/mol. The first-order valence-electron chi connectivity index (χ1n) is 6.15. The second-order valence-corrected chi connectivity index (χ2v) is 5.74. The fourth-order valence-electron chi connectivity index (χ4n) is 2.54. The highest BCUT2D eigenvalue weighted by molar-refractivity contribution is 6.20. The van der Waals surface area contributed by atoms with Crippen molar-refractivity contribution in [3.8, 4) is 0 Å². The molecule has 1 fully saturated rings. The molecular formula is C13H11ClF4N2. The van der Waals surface area contributed by atoms with Gasteiger partial charge in [-0.05, 0) is 38.0 Å². The molecule has 1 aliphatic rings. The predicted octanol–water partition coefficient (Wildman–Crippen LogP) is 4.53. The summed E-state index contributed by atoms with van der Waals surface area (Å²) in [5, 5.41) is -0.690. The van der Waals surface area contributed by atoms with E-state index in [1.807, 2.05) is 0 Å². The van der Waals surface area contributed by atoms with Crippen LogP contribution in [0.1, 0.15) is 31.0 Å². The summed E-state index contributed by atoms with van der Waals surface area (Å²) in [7, 11) is 0. The maximum absolute atomic E-state index is 13.4. The lowest BCUT2D eigenvalue weighted by molar-refractivity contribution is -0.179. The molecule has 0 amide bonds. The minimum atomic E-state index is -4.41. The van der Waals surface area contributed by atoms with Gasteiger partial charge < -0.3 is 4.57 Å². The molecular weight excluding hydrogens is 296 g/mol. The smallest absolute Gasteiger partial charge is 0.311 e. The van der Waals surface area contributed by atoms with E-state index in [-0.39, 0.29) is 24.2 Å². The van der Waals surface area contributed by atoms with Gasteiger partial charge in [0, 0.05) is 0 Å². The molecule has 1 aromatic carbocycles. The third-order valence-electron chi connectivity index (χ3n) is 3.68. The summed E-state index contributed by atoms with van der Waals surface area (Å²) in [5.41, 5.74) is -1.53. The van der Waals surface area contributed by atoms with E-state index in [1.165, 1.54) is 12.1 Å². The number of imidazole rings is 1. The minimum absolute atomic E-state index is 0.0327. The highest BCUT2D eigenvalue weighted by Gasteiger charge is 2.66. The summed E-state index contributed by atoms with van der Waals surface area (Å²) >= 11 is 5.96. The fourth-order valence-corrected chi connectivity index (χ4v) is 2.68. The van der Waals surface area contributed by atoms with Crippen LogP contribution in [0.3, 0.4) is 0 Å². The first-order chi connectivity index (χ1) is 9.26. The number of halogens is 5. The number of nitrogens with zero attached hydrogens (tertiary/aromatic N) is 2. The Morgan fingerprint density at radius 2 is 2.00 bits per heavy atom. The molecule has 2 aromatic rings. The second-order valence-electron chi connectivity index (χ2n) is 5.08. The van der Waals surface area contributed by atoms with Crippen LogP contribution in [-0.2, 0) is 5.54 Å². The number of alkyl halides is 4. The van der Waals surface area contributed by atoms with Crippen LogP contribution in [0.25, 0.3) is 11.0 Å². The van der Waals surface area contributed by atoms with E-state index < -0.39 is 22.9 Å². The van der Waals surface area contributed by atoms with Crippen LogP contribution in [0.5, 0.6) is 0 Å². The van der Waals surface area contributed by atoms with E-state index in [0.717, 1.165) is 10.6 Å². The molecule has 1 aromatic heterocycles. The zero-order valence-corrected chi connectivity index (χ0v) is 11.3. The molecule has 0 spiro atoms. The van der Waals surface area contributed by atoms with Crippen molar-refractivity contribution in [2.75, 3.05) is 0 Å². The summed E-state index contributed by atoms with van der Waals surface area (Å²) in [6, 6.07) is 3.63. The van der Waals surface area contributed by atoms with Crippen molar-refractivity contribution >= 4 is 22.6 Å². The minimum Gasteiger partial charge on any atom is -0.311 e. The third kappa shape index (κ3) is 1.81. The van der Waals surface area contributed by atoms with Crippen molar-refractivity contribution in [1.29, 1.82) is 0 Å². The average molecular weight is 307 g/mol. The molecule has 108 valence electrons. The van der Waals surface area contributed by atoms with Gasteiger partial charge in [0.2, 0.25) is 0 Å². The normalized spacial score (nSPS) is 19.3. The van der Waals surface area contributed by atoms with Gasteiger partial charge >= 0.3 is 6.18 Å². The quantitative estimate of drug-likeness (QED) is 0.589. The lowest BCUT2D eigenvalue weighted by Crippen LogP contribution is -2.36. The highest BCUT2D eigenvalue weighted by atomic mass is 35.5. The van der Waals surface area contributed by atoms with E-state index in [9.17, 15) is 17.6 Å². The molecule has 1 unspecified atom stereocenters.